The minimum Gasteiger partial charge on any atom is -0.310 e. The summed E-state index contributed by atoms with van der Waals surface area (Å²) in [6.45, 7) is 2.13. The molecule has 0 bridgehead atoms. The van der Waals surface area contributed by atoms with Crippen molar-refractivity contribution in [2.24, 2.45) is 5.92 Å². The lowest BCUT2D eigenvalue weighted by Gasteiger charge is -2.25. The minimum atomic E-state index is -0.712. The molecule has 0 amide bonds. The molecule has 4 unspecified atom stereocenters. The Morgan fingerprint density at radius 3 is 2.76 bits per heavy atom. The van der Waals surface area contributed by atoms with Gasteiger partial charge in [0, 0.05) is 34.9 Å². The molecule has 1 saturated carbocycles. The van der Waals surface area contributed by atoms with Crippen molar-refractivity contribution >= 4 is 10.8 Å². The second kappa shape index (κ2) is 7.84. The van der Waals surface area contributed by atoms with Crippen LogP contribution in [0.1, 0.15) is 45.4 Å². The van der Waals surface area contributed by atoms with E-state index in [0.29, 0.717) is 12.1 Å². The third kappa shape index (κ3) is 5.65. The Morgan fingerprint density at radius 2 is 2.12 bits per heavy atom. The Hall–Kier alpha value is -0.400. The van der Waals surface area contributed by atoms with Gasteiger partial charge in [0.05, 0.1) is 12.0 Å². The van der Waals surface area contributed by atoms with Gasteiger partial charge in [-0.2, -0.15) is 5.26 Å². The van der Waals surface area contributed by atoms with Crippen LogP contribution in [0.25, 0.3) is 0 Å². The highest BCUT2D eigenvalue weighted by atomic mass is 32.2. The van der Waals surface area contributed by atoms with E-state index in [2.05, 4.69) is 18.3 Å². The van der Waals surface area contributed by atoms with Gasteiger partial charge in [0.25, 0.3) is 0 Å². The Morgan fingerprint density at radius 1 is 1.41 bits per heavy atom. The fraction of sp³-hybridized carbons (Fsp3) is 0.923. The molecular formula is C13H24N2OS. The molecule has 1 N–H and O–H groups in total. The van der Waals surface area contributed by atoms with Gasteiger partial charge >= 0.3 is 0 Å². The smallest absolute Gasteiger partial charge is 0.0672 e. The molecule has 0 aromatic heterocycles. The number of hydrogen-bond donors (Lipinski definition) is 1. The van der Waals surface area contributed by atoms with Gasteiger partial charge in [0.1, 0.15) is 0 Å². The second-order valence-electron chi connectivity index (χ2n) is 5.11. The van der Waals surface area contributed by atoms with Crippen molar-refractivity contribution in [1.82, 2.24) is 5.32 Å². The van der Waals surface area contributed by atoms with Crippen LogP contribution in [0.5, 0.6) is 0 Å². The zero-order chi connectivity index (χ0) is 12.7. The largest absolute Gasteiger partial charge is 0.310 e. The Kier molecular flexibility index (Phi) is 6.76. The molecule has 1 rings (SSSR count). The molecule has 0 aromatic rings. The molecule has 0 aromatic carbocycles. The van der Waals surface area contributed by atoms with Crippen LogP contribution in [0.3, 0.4) is 0 Å². The summed E-state index contributed by atoms with van der Waals surface area (Å²) in [5.74, 6) is 0.907. The summed E-state index contributed by atoms with van der Waals surface area (Å²) < 4.78 is 11.0. The summed E-state index contributed by atoms with van der Waals surface area (Å²) in [6, 6.07) is 3.14. The molecular weight excluding hydrogens is 232 g/mol. The van der Waals surface area contributed by atoms with E-state index in [1.807, 2.05) is 0 Å². The molecule has 17 heavy (non-hydrogen) atoms. The van der Waals surface area contributed by atoms with E-state index < -0.39 is 10.8 Å². The highest BCUT2D eigenvalue weighted by molar-refractivity contribution is 7.84. The van der Waals surface area contributed by atoms with E-state index >= 15 is 0 Å². The van der Waals surface area contributed by atoms with Crippen LogP contribution in [0.4, 0.5) is 0 Å². The van der Waals surface area contributed by atoms with E-state index in [9.17, 15) is 9.47 Å². The van der Waals surface area contributed by atoms with Crippen LogP contribution < -0.4 is 5.32 Å². The van der Waals surface area contributed by atoms with Gasteiger partial charge in [-0.05, 0) is 26.2 Å². The Labute approximate surface area is 107 Å². The summed E-state index contributed by atoms with van der Waals surface area (Å²) in [6.07, 6.45) is 8.47. The molecule has 3 nitrogen and oxygen atoms in total. The summed E-state index contributed by atoms with van der Waals surface area (Å²) in [5, 5.41) is 12.7. The SMILES string of the molecule is CC(CCS(C)=O)NC1CCCCCC1C#N. The highest BCUT2D eigenvalue weighted by Gasteiger charge is 2.24. The lowest BCUT2D eigenvalue weighted by molar-refractivity contribution is 0.354. The van der Waals surface area contributed by atoms with E-state index in [4.69, 9.17) is 0 Å². The normalized spacial score (nSPS) is 29.0. The van der Waals surface area contributed by atoms with Crippen LogP contribution in [-0.4, -0.2) is 28.3 Å². The highest BCUT2D eigenvalue weighted by Crippen LogP contribution is 2.23. The first-order chi connectivity index (χ1) is 8.13. The zero-order valence-electron chi connectivity index (χ0n) is 10.9. The van der Waals surface area contributed by atoms with Gasteiger partial charge in [-0.15, -0.1) is 0 Å². The van der Waals surface area contributed by atoms with Crippen molar-refractivity contribution in [2.75, 3.05) is 12.0 Å². The molecule has 1 aliphatic rings. The summed E-state index contributed by atoms with van der Waals surface area (Å²) in [5.41, 5.74) is 0. The van der Waals surface area contributed by atoms with Gasteiger partial charge in [-0.3, -0.25) is 4.21 Å². The second-order valence-corrected chi connectivity index (χ2v) is 6.67. The summed E-state index contributed by atoms with van der Waals surface area (Å²) >= 11 is 0. The number of nitrogens with one attached hydrogen (secondary N) is 1. The van der Waals surface area contributed by atoms with E-state index in [1.165, 1.54) is 19.3 Å². The third-order valence-electron chi connectivity index (χ3n) is 3.52. The maximum Gasteiger partial charge on any atom is 0.0672 e. The number of rotatable bonds is 5. The quantitative estimate of drug-likeness (QED) is 0.767. The number of nitriles is 1. The van der Waals surface area contributed by atoms with Crippen molar-refractivity contribution in [3.05, 3.63) is 0 Å². The van der Waals surface area contributed by atoms with E-state index in [0.717, 1.165) is 25.0 Å². The minimum absolute atomic E-state index is 0.159. The maximum absolute atomic E-state index is 11.0. The molecule has 0 aliphatic heterocycles. The summed E-state index contributed by atoms with van der Waals surface area (Å²) in [4.78, 5) is 0. The predicted octanol–water partition coefficient (Wildman–Crippen LogP) is 2.21. The standard InChI is InChI=1S/C13H24N2OS/c1-11(8-9-17(2)16)15-13-7-5-3-4-6-12(13)10-14/h11-13,15H,3-9H2,1-2H3. The van der Waals surface area contributed by atoms with Crippen molar-refractivity contribution in [3.8, 4) is 6.07 Å². The van der Waals surface area contributed by atoms with Crippen molar-refractivity contribution < 1.29 is 4.21 Å². The van der Waals surface area contributed by atoms with Gasteiger partial charge in [-0.1, -0.05) is 19.3 Å². The average molecular weight is 256 g/mol. The molecule has 1 aliphatic carbocycles. The van der Waals surface area contributed by atoms with Gasteiger partial charge in [0.15, 0.2) is 0 Å². The molecule has 0 heterocycles. The van der Waals surface area contributed by atoms with Crippen LogP contribution >= 0.6 is 0 Å². The van der Waals surface area contributed by atoms with Gasteiger partial charge in [0.2, 0.25) is 0 Å². The first-order valence-corrected chi connectivity index (χ1v) is 8.32. The first kappa shape index (κ1) is 14.7. The molecule has 0 radical (unpaired) electrons. The fourth-order valence-corrected chi connectivity index (χ4v) is 3.14. The van der Waals surface area contributed by atoms with Crippen molar-refractivity contribution in [2.45, 2.75) is 57.5 Å². The third-order valence-corrected chi connectivity index (χ3v) is 4.33. The molecule has 4 atom stereocenters. The van der Waals surface area contributed by atoms with Crippen LogP contribution in [0, 0.1) is 17.2 Å². The molecule has 1 fully saturated rings. The molecule has 0 spiro atoms. The Bertz CT molecular complexity index is 288. The topological polar surface area (TPSA) is 52.9 Å². The van der Waals surface area contributed by atoms with E-state index in [-0.39, 0.29) is 5.92 Å². The molecule has 98 valence electrons. The number of nitrogens with zero attached hydrogens (tertiary/aromatic N) is 1. The molecule has 0 saturated heterocycles. The fourth-order valence-electron chi connectivity index (χ4n) is 2.45. The van der Waals surface area contributed by atoms with Crippen LogP contribution in [0.15, 0.2) is 0 Å². The summed E-state index contributed by atoms with van der Waals surface area (Å²) in [7, 11) is -0.712. The van der Waals surface area contributed by atoms with Crippen molar-refractivity contribution in [1.29, 1.82) is 5.26 Å². The monoisotopic (exact) mass is 256 g/mol. The first-order valence-electron chi connectivity index (χ1n) is 6.59. The van der Waals surface area contributed by atoms with E-state index in [1.54, 1.807) is 6.26 Å². The zero-order valence-corrected chi connectivity index (χ0v) is 11.8. The predicted molar refractivity (Wildman–Crippen MR) is 72.1 cm³/mol. The maximum atomic E-state index is 11.0. The lowest BCUT2D eigenvalue weighted by atomic mass is 9.95. The van der Waals surface area contributed by atoms with Gasteiger partial charge < -0.3 is 5.32 Å². The average Bonchev–Trinajstić information content (AvgIpc) is 2.51. The van der Waals surface area contributed by atoms with Crippen LogP contribution in [-0.2, 0) is 10.8 Å². The molecule has 4 heteroatoms. The van der Waals surface area contributed by atoms with Crippen molar-refractivity contribution in [3.63, 3.8) is 0 Å². The van der Waals surface area contributed by atoms with Gasteiger partial charge in [-0.25, -0.2) is 0 Å². The Balaban J connectivity index is 2.41. The number of hydrogen-bond acceptors (Lipinski definition) is 3. The lowest BCUT2D eigenvalue weighted by Crippen LogP contribution is -2.41. The van der Waals surface area contributed by atoms with Crippen LogP contribution in [0.2, 0.25) is 0 Å².